The highest BCUT2D eigenvalue weighted by Crippen LogP contribution is 2.27. The SMILES string of the molecule is COc1ccc(C(C)=NO)cc1[N+](=O)[O-]. The molecule has 0 saturated carbocycles. The molecule has 0 fully saturated rings. The Kier molecular flexibility index (Phi) is 3.22. The van der Waals surface area contributed by atoms with Gasteiger partial charge in [0.15, 0.2) is 5.75 Å². The first kappa shape index (κ1) is 11.0. The molecule has 0 unspecified atom stereocenters. The third kappa shape index (κ3) is 2.22. The number of benzene rings is 1. The molecule has 0 saturated heterocycles. The van der Waals surface area contributed by atoms with Crippen LogP contribution in [0.2, 0.25) is 0 Å². The Hall–Kier alpha value is -2.11. The lowest BCUT2D eigenvalue weighted by molar-refractivity contribution is -0.385. The highest BCUT2D eigenvalue weighted by Gasteiger charge is 2.15. The number of methoxy groups -OCH3 is 1. The number of nitro groups is 1. The fourth-order valence-corrected chi connectivity index (χ4v) is 1.12. The van der Waals surface area contributed by atoms with Crippen LogP contribution in [-0.2, 0) is 0 Å². The van der Waals surface area contributed by atoms with Crippen LogP contribution in [0.5, 0.6) is 5.75 Å². The third-order valence-electron chi connectivity index (χ3n) is 1.94. The third-order valence-corrected chi connectivity index (χ3v) is 1.94. The van der Waals surface area contributed by atoms with Gasteiger partial charge in [-0.2, -0.15) is 0 Å². The number of hydrogen-bond donors (Lipinski definition) is 1. The molecule has 15 heavy (non-hydrogen) atoms. The van der Waals surface area contributed by atoms with Gasteiger partial charge in [0.2, 0.25) is 0 Å². The van der Waals surface area contributed by atoms with E-state index in [-0.39, 0.29) is 11.4 Å². The van der Waals surface area contributed by atoms with Crippen LogP contribution in [-0.4, -0.2) is 23.0 Å². The highest BCUT2D eigenvalue weighted by atomic mass is 16.6. The Morgan fingerprint density at radius 2 is 2.27 bits per heavy atom. The predicted octanol–water partition coefficient (Wildman–Crippen LogP) is 1.80. The van der Waals surface area contributed by atoms with Crippen molar-refractivity contribution in [1.29, 1.82) is 0 Å². The molecule has 0 radical (unpaired) electrons. The van der Waals surface area contributed by atoms with Crippen molar-refractivity contribution in [1.82, 2.24) is 0 Å². The Bertz CT molecular complexity index is 415. The second-order valence-electron chi connectivity index (χ2n) is 2.83. The second kappa shape index (κ2) is 4.41. The van der Waals surface area contributed by atoms with Crippen LogP contribution >= 0.6 is 0 Å². The van der Waals surface area contributed by atoms with Gasteiger partial charge in [-0.3, -0.25) is 10.1 Å². The molecule has 1 aromatic rings. The zero-order valence-electron chi connectivity index (χ0n) is 8.30. The van der Waals surface area contributed by atoms with Crippen molar-refractivity contribution in [2.75, 3.05) is 7.11 Å². The Morgan fingerprint density at radius 3 is 2.73 bits per heavy atom. The summed E-state index contributed by atoms with van der Waals surface area (Å²) in [7, 11) is 1.36. The van der Waals surface area contributed by atoms with Gasteiger partial charge in [-0.1, -0.05) is 5.16 Å². The van der Waals surface area contributed by atoms with Crippen LogP contribution in [0.25, 0.3) is 0 Å². The summed E-state index contributed by atoms with van der Waals surface area (Å²) >= 11 is 0. The molecule has 0 amide bonds. The molecule has 0 atom stereocenters. The van der Waals surface area contributed by atoms with Gasteiger partial charge < -0.3 is 9.94 Å². The van der Waals surface area contributed by atoms with E-state index >= 15 is 0 Å². The maximum absolute atomic E-state index is 10.7. The number of hydrogen-bond acceptors (Lipinski definition) is 5. The van der Waals surface area contributed by atoms with Crippen molar-refractivity contribution >= 4 is 11.4 Å². The van der Waals surface area contributed by atoms with Crippen LogP contribution in [0.4, 0.5) is 5.69 Å². The normalized spacial score (nSPS) is 11.2. The van der Waals surface area contributed by atoms with Crippen molar-refractivity contribution in [3.8, 4) is 5.75 Å². The molecular formula is C9H10N2O4. The minimum Gasteiger partial charge on any atom is -0.490 e. The quantitative estimate of drug-likeness (QED) is 0.356. The fraction of sp³-hybridized carbons (Fsp3) is 0.222. The number of nitro benzene ring substituents is 1. The van der Waals surface area contributed by atoms with Crippen LogP contribution < -0.4 is 4.74 Å². The van der Waals surface area contributed by atoms with E-state index < -0.39 is 4.92 Å². The van der Waals surface area contributed by atoms with E-state index in [2.05, 4.69) is 5.16 Å². The van der Waals surface area contributed by atoms with Crippen molar-refractivity contribution in [3.63, 3.8) is 0 Å². The maximum atomic E-state index is 10.7. The minimum absolute atomic E-state index is 0.155. The number of nitrogens with zero attached hydrogens (tertiary/aromatic N) is 2. The Labute approximate surface area is 85.9 Å². The van der Waals surface area contributed by atoms with Gasteiger partial charge in [-0.05, 0) is 19.1 Å². The molecule has 1 N–H and O–H groups in total. The van der Waals surface area contributed by atoms with Gasteiger partial charge in [0, 0.05) is 11.6 Å². The van der Waals surface area contributed by atoms with E-state index in [0.717, 1.165) is 0 Å². The first-order chi connectivity index (χ1) is 7.10. The van der Waals surface area contributed by atoms with Crippen molar-refractivity contribution in [2.45, 2.75) is 6.92 Å². The summed E-state index contributed by atoms with van der Waals surface area (Å²) in [5, 5.41) is 22.2. The summed E-state index contributed by atoms with van der Waals surface area (Å²) in [5.74, 6) is 0.175. The topological polar surface area (TPSA) is 85.0 Å². The van der Waals surface area contributed by atoms with E-state index in [1.165, 1.54) is 19.2 Å². The van der Waals surface area contributed by atoms with Crippen molar-refractivity contribution in [3.05, 3.63) is 33.9 Å². The Balaban J connectivity index is 3.28. The Morgan fingerprint density at radius 1 is 1.60 bits per heavy atom. The number of ether oxygens (including phenoxy) is 1. The van der Waals surface area contributed by atoms with Gasteiger partial charge in [0.05, 0.1) is 17.7 Å². The molecule has 0 spiro atoms. The average molecular weight is 210 g/mol. The number of rotatable bonds is 3. The predicted molar refractivity (Wildman–Crippen MR) is 53.6 cm³/mol. The molecule has 80 valence electrons. The van der Waals surface area contributed by atoms with Gasteiger partial charge in [0.25, 0.3) is 0 Å². The van der Waals surface area contributed by atoms with Crippen LogP contribution in [0.3, 0.4) is 0 Å². The lowest BCUT2D eigenvalue weighted by atomic mass is 10.1. The molecule has 6 nitrogen and oxygen atoms in total. The van der Waals surface area contributed by atoms with Gasteiger partial charge in [-0.15, -0.1) is 0 Å². The van der Waals surface area contributed by atoms with E-state index in [9.17, 15) is 10.1 Å². The lowest BCUT2D eigenvalue weighted by Gasteiger charge is -2.03. The van der Waals surface area contributed by atoms with Gasteiger partial charge >= 0.3 is 5.69 Å². The monoisotopic (exact) mass is 210 g/mol. The molecule has 0 heterocycles. The standard InChI is InChI=1S/C9H10N2O4/c1-6(10-12)7-3-4-9(15-2)8(5-7)11(13)14/h3-5,12H,1-2H3. The maximum Gasteiger partial charge on any atom is 0.311 e. The molecule has 1 aromatic carbocycles. The molecule has 0 aliphatic carbocycles. The fourth-order valence-electron chi connectivity index (χ4n) is 1.12. The van der Waals surface area contributed by atoms with Crippen LogP contribution in [0.1, 0.15) is 12.5 Å². The lowest BCUT2D eigenvalue weighted by Crippen LogP contribution is -1.99. The molecule has 0 bridgehead atoms. The summed E-state index contributed by atoms with van der Waals surface area (Å²) in [5.41, 5.74) is 0.628. The smallest absolute Gasteiger partial charge is 0.311 e. The molecular weight excluding hydrogens is 200 g/mol. The summed E-state index contributed by atoms with van der Waals surface area (Å²) in [6, 6.07) is 4.34. The molecule has 6 heteroatoms. The van der Waals surface area contributed by atoms with E-state index in [1.807, 2.05) is 0 Å². The van der Waals surface area contributed by atoms with E-state index in [1.54, 1.807) is 13.0 Å². The first-order valence-electron chi connectivity index (χ1n) is 4.11. The van der Waals surface area contributed by atoms with Crippen LogP contribution in [0, 0.1) is 10.1 Å². The highest BCUT2D eigenvalue weighted by molar-refractivity contribution is 5.99. The molecule has 0 aliphatic rings. The zero-order chi connectivity index (χ0) is 11.4. The number of oxime groups is 1. The zero-order valence-corrected chi connectivity index (χ0v) is 8.30. The summed E-state index contributed by atoms with van der Waals surface area (Å²) in [6.45, 7) is 1.55. The van der Waals surface area contributed by atoms with Crippen LogP contribution in [0.15, 0.2) is 23.4 Å². The summed E-state index contributed by atoms with van der Waals surface area (Å²) in [4.78, 5) is 10.1. The molecule has 1 rings (SSSR count). The second-order valence-corrected chi connectivity index (χ2v) is 2.83. The largest absolute Gasteiger partial charge is 0.490 e. The molecule has 0 aromatic heterocycles. The molecule has 0 aliphatic heterocycles. The van der Waals surface area contributed by atoms with Crippen molar-refractivity contribution < 1.29 is 14.9 Å². The summed E-state index contributed by atoms with van der Waals surface area (Å²) in [6.07, 6.45) is 0. The average Bonchev–Trinajstić information content (AvgIpc) is 2.27. The van der Waals surface area contributed by atoms with E-state index in [0.29, 0.717) is 11.3 Å². The minimum atomic E-state index is -0.549. The summed E-state index contributed by atoms with van der Waals surface area (Å²) < 4.78 is 4.83. The van der Waals surface area contributed by atoms with E-state index in [4.69, 9.17) is 9.94 Å². The van der Waals surface area contributed by atoms with Gasteiger partial charge in [-0.25, -0.2) is 0 Å². The van der Waals surface area contributed by atoms with Gasteiger partial charge in [0.1, 0.15) is 0 Å². The first-order valence-corrected chi connectivity index (χ1v) is 4.11. The van der Waals surface area contributed by atoms with Crippen molar-refractivity contribution in [2.24, 2.45) is 5.16 Å².